The fraction of sp³-hybridized carbons (Fsp3) is 0.318. The summed E-state index contributed by atoms with van der Waals surface area (Å²) in [6, 6.07) is 5.98. The van der Waals surface area contributed by atoms with Crippen molar-refractivity contribution in [3.05, 3.63) is 63.3 Å². The van der Waals surface area contributed by atoms with E-state index in [9.17, 15) is 19.1 Å². The van der Waals surface area contributed by atoms with Gasteiger partial charge in [-0.3, -0.25) is 19.1 Å². The van der Waals surface area contributed by atoms with Crippen molar-refractivity contribution in [1.82, 2.24) is 14.9 Å². The lowest BCUT2D eigenvalue weighted by atomic mass is 10.0. The molecule has 1 amide bonds. The standard InChI is InChI=1S/C22H22FN3O6/c1-31-11-15-10-26-18-17(19(28)16(22(26)30)21(29)24-6-7-27)25-9-13(20(18)32-15)8-12-2-4-14(23)5-3-12/h2-5,9,15,27-28H,6-8,10-11H2,1H3,(H,24,29). The monoisotopic (exact) mass is 443 g/mol. The number of benzene rings is 1. The van der Waals surface area contributed by atoms with Crippen LogP contribution in [0.25, 0.3) is 11.0 Å². The fourth-order valence-corrected chi connectivity index (χ4v) is 3.80. The topological polar surface area (TPSA) is 123 Å². The average molecular weight is 443 g/mol. The van der Waals surface area contributed by atoms with Crippen molar-refractivity contribution in [3.63, 3.8) is 0 Å². The Labute approximate surface area is 182 Å². The van der Waals surface area contributed by atoms with Crippen LogP contribution >= 0.6 is 0 Å². The number of ether oxygens (including phenoxy) is 2. The molecular weight excluding hydrogens is 421 g/mol. The van der Waals surface area contributed by atoms with Crippen LogP contribution in [-0.4, -0.2) is 58.6 Å². The molecule has 0 bridgehead atoms. The van der Waals surface area contributed by atoms with Crippen molar-refractivity contribution in [1.29, 1.82) is 0 Å². The highest BCUT2D eigenvalue weighted by Crippen LogP contribution is 2.37. The number of aromatic nitrogens is 2. The van der Waals surface area contributed by atoms with Crippen LogP contribution in [0.1, 0.15) is 21.5 Å². The number of methoxy groups -OCH3 is 1. The summed E-state index contributed by atoms with van der Waals surface area (Å²) >= 11 is 0. The maximum Gasteiger partial charge on any atom is 0.268 e. The Morgan fingerprint density at radius 1 is 1.38 bits per heavy atom. The molecule has 2 aromatic heterocycles. The van der Waals surface area contributed by atoms with Crippen molar-refractivity contribution >= 4 is 16.9 Å². The maximum absolute atomic E-state index is 13.3. The molecule has 168 valence electrons. The lowest BCUT2D eigenvalue weighted by Crippen LogP contribution is -2.41. The van der Waals surface area contributed by atoms with Gasteiger partial charge in [0.05, 0.1) is 19.8 Å². The number of rotatable bonds is 7. The van der Waals surface area contributed by atoms with Crippen molar-refractivity contribution in [2.75, 3.05) is 26.9 Å². The van der Waals surface area contributed by atoms with Crippen LogP contribution in [0.2, 0.25) is 0 Å². The van der Waals surface area contributed by atoms with Gasteiger partial charge in [0.15, 0.2) is 11.5 Å². The normalized spacial score (nSPS) is 14.9. The number of hydrogen-bond acceptors (Lipinski definition) is 7. The molecule has 0 saturated heterocycles. The largest absolute Gasteiger partial charge is 0.505 e. The molecule has 1 atom stereocenters. The van der Waals surface area contributed by atoms with Gasteiger partial charge in [-0.05, 0) is 17.7 Å². The number of carbonyl (C=O) groups excluding carboxylic acids is 1. The van der Waals surface area contributed by atoms with Gasteiger partial charge in [-0.1, -0.05) is 12.1 Å². The number of nitrogens with zero attached hydrogens (tertiary/aromatic N) is 2. The van der Waals surface area contributed by atoms with Gasteiger partial charge in [-0.15, -0.1) is 0 Å². The molecule has 3 N–H and O–H groups in total. The van der Waals surface area contributed by atoms with E-state index in [0.29, 0.717) is 17.7 Å². The lowest BCUT2D eigenvalue weighted by Gasteiger charge is -2.29. The van der Waals surface area contributed by atoms with Crippen LogP contribution in [0, 0.1) is 5.82 Å². The molecule has 3 heterocycles. The predicted molar refractivity (Wildman–Crippen MR) is 113 cm³/mol. The quantitative estimate of drug-likeness (QED) is 0.497. The molecule has 0 aliphatic carbocycles. The molecule has 10 heteroatoms. The first kappa shape index (κ1) is 21.7. The lowest BCUT2D eigenvalue weighted by molar-refractivity contribution is 0.0640. The van der Waals surface area contributed by atoms with Gasteiger partial charge >= 0.3 is 0 Å². The summed E-state index contributed by atoms with van der Waals surface area (Å²) in [6.45, 7) is -0.0926. The number of carbonyl (C=O) groups is 1. The van der Waals surface area contributed by atoms with E-state index in [1.54, 1.807) is 12.1 Å². The number of hydrogen-bond donors (Lipinski definition) is 3. The van der Waals surface area contributed by atoms with E-state index >= 15 is 0 Å². The third-order valence-corrected chi connectivity index (χ3v) is 5.23. The minimum atomic E-state index is -0.805. The molecule has 0 spiro atoms. The molecule has 0 radical (unpaired) electrons. The first-order valence-corrected chi connectivity index (χ1v) is 10.0. The molecule has 32 heavy (non-hydrogen) atoms. The van der Waals surface area contributed by atoms with E-state index in [4.69, 9.17) is 14.6 Å². The number of halogens is 1. The Bertz CT molecular complexity index is 1230. The summed E-state index contributed by atoms with van der Waals surface area (Å²) in [5.41, 5.74) is 0.616. The summed E-state index contributed by atoms with van der Waals surface area (Å²) in [6.07, 6.45) is 1.34. The Kier molecular flexibility index (Phi) is 6.06. The number of aliphatic hydroxyl groups excluding tert-OH is 1. The molecule has 0 saturated carbocycles. The van der Waals surface area contributed by atoms with Crippen molar-refractivity contribution in [2.45, 2.75) is 19.1 Å². The van der Waals surface area contributed by atoms with Gasteiger partial charge in [0.2, 0.25) is 0 Å². The highest BCUT2D eigenvalue weighted by molar-refractivity contribution is 6.02. The minimum absolute atomic E-state index is 0.0486. The Morgan fingerprint density at radius 2 is 2.12 bits per heavy atom. The van der Waals surface area contributed by atoms with Crippen molar-refractivity contribution in [2.24, 2.45) is 0 Å². The Morgan fingerprint density at radius 3 is 2.81 bits per heavy atom. The molecule has 1 aliphatic rings. The van der Waals surface area contributed by atoms with Gasteiger partial charge in [0.1, 0.15) is 28.5 Å². The summed E-state index contributed by atoms with van der Waals surface area (Å²) < 4.78 is 25.9. The van der Waals surface area contributed by atoms with E-state index in [0.717, 1.165) is 5.56 Å². The first-order valence-electron chi connectivity index (χ1n) is 10.0. The molecule has 0 fully saturated rings. The Hall–Kier alpha value is -3.50. The smallest absolute Gasteiger partial charge is 0.268 e. The summed E-state index contributed by atoms with van der Waals surface area (Å²) in [5, 5.41) is 22.1. The van der Waals surface area contributed by atoms with Crippen LogP contribution in [0.4, 0.5) is 4.39 Å². The second-order valence-corrected chi connectivity index (χ2v) is 7.43. The second kappa shape index (κ2) is 8.93. The highest BCUT2D eigenvalue weighted by Gasteiger charge is 2.31. The number of amides is 1. The van der Waals surface area contributed by atoms with Crippen LogP contribution in [0.5, 0.6) is 11.5 Å². The minimum Gasteiger partial charge on any atom is -0.505 e. The molecular formula is C22H22FN3O6. The van der Waals surface area contributed by atoms with E-state index < -0.39 is 28.9 Å². The van der Waals surface area contributed by atoms with Crippen LogP contribution < -0.4 is 15.6 Å². The van der Waals surface area contributed by atoms with E-state index in [-0.39, 0.29) is 43.2 Å². The molecule has 3 aromatic rings. The maximum atomic E-state index is 13.3. The number of aliphatic hydroxyl groups is 1. The molecule has 4 rings (SSSR count). The molecule has 1 aliphatic heterocycles. The SMILES string of the molecule is COCC1Cn2c(=O)c(C(=O)NCCO)c(O)c3ncc(Cc4ccc(F)cc4)c(c32)O1. The van der Waals surface area contributed by atoms with Crippen molar-refractivity contribution in [3.8, 4) is 11.5 Å². The zero-order chi connectivity index (χ0) is 22.8. The fourth-order valence-electron chi connectivity index (χ4n) is 3.80. The summed E-state index contributed by atoms with van der Waals surface area (Å²) in [7, 11) is 1.51. The molecule has 9 nitrogen and oxygen atoms in total. The summed E-state index contributed by atoms with van der Waals surface area (Å²) in [5.74, 6) is -1.36. The third kappa shape index (κ3) is 3.90. The number of aromatic hydroxyl groups is 1. The van der Waals surface area contributed by atoms with Gasteiger partial charge < -0.3 is 25.0 Å². The van der Waals surface area contributed by atoms with Crippen LogP contribution in [0.15, 0.2) is 35.3 Å². The van der Waals surface area contributed by atoms with Gasteiger partial charge in [-0.2, -0.15) is 0 Å². The first-order chi connectivity index (χ1) is 15.4. The Balaban J connectivity index is 1.89. The third-order valence-electron chi connectivity index (χ3n) is 5.23. The second-order valence-electron chi connectivity index (χ2n) is 7.43. The zero-order valence-electron chi connectivity index (χ0n) is 17.3. The number of nitrogens with one attached hydrogen (secondary N) is 1. The summed E-state index contributed by atoms with van der Waals surface area (Å²) in [4.78, 5) is 30.0. The average Bonchev–Trinajstić information content (AvgIpc) is 2.78. The van der Waals surface area contributed by atoms with Gasteiger partial charge in [0, 0.05) is 31.8 Å². The van der Waals surface area contributed by atoms with Crippen LogP contribution in [-0.2, 0) is 17.7 Å². The van der Waals surface area contributed by atoms with Crippen LogP contribution in [0.3, 0.4) is 0 Å². The van der Waals surface area contributed by atoms with Crippen molar-refractivity contribution < 1.29 is 28.9 Å². The molecule has 1 aromatic carbocycles. The highest BCUT2D eigenvalue weighted by atomic mass is 19.1. The van der Waals surface area contributed by atoms with Gasteiger partial charge in [0.25, 0.3) is 11.5 Å². The van der Waals surface area contributed by atoms with E-state index in [2.05, 4.69) is 10.3 Å². The number of pyridine rings is 2. The zero-order valence-corrected chi connectivity index (χ0v) is 17.3. The molecule has 1 unspecified atom stereocenters. The van der Waals surface area contributed by atoms with E-state index in [1.807, 2.05) is 0 Å². The van der Waals surface area contributed by atoms with Gasteiger partial charge in [-0.25, -0.2) is 4.39 Å². The van der Waals surface area contributed by atoms with E-state index in [1.165, 1.54) is 30.0 Å². The predicted octanol–water partition coefficient (Wildman–Crippen LogP) is 0.962.